The quantitative estimate of drug-likeness (QED) is 0.704. The van der Waals surface area contributed by atoms with Crippen LogP contribution in [0.4, 0.5) is 0 Å². The number of benzene rings is 1. The van der Waals surface area contributed by atoms with Gasteiger partial charge < -0.3 is 15.5 Å². The topological polar surface area (TPSA) is 106 Å². The monoisotopic (exact) mass is 401 g/mol. The third-order valence-electron chi connectivity index (χ3n) is 3.84. The van der Waals surface area contributed by atoms with Gasteiger partial charge in [0.2, 0.25) is 10.0 Å². The lowest BCUT2D eigenvalue weighted by molar-refractivity contribution is 0.0950. The molecular formula is C17H24ClN3O4S. The highest BCUT2D eigenvalue weighted by Crippen LogP contribution is 2.16. The van der Waals surface area contributed by atoms with Crippen LogP contribution < -0.4 is 11.1 Å². The zero-order valence-electron chi connectivity index (χ0n) is 14.8. The van der Waals surface area contributed by atoms with Gasteiger partial charge in [-0.2, -0.15) is 4.31 Å². The van der Waals surface area contributed by atoms with Gasteiger partial charge in [0, 0.05) is 19.6 Å². The molecule has 2 rings (SSSR count). The van der Waals surface area contributed by atoms with Gasteiger partial charge >= 0.3 is 0 Å². The van der Waals surface area contributed by atoms with Crippen LogP contribution in [0.5, 0.6) is 0 Å². The Balaban J connectivity index is 0.00000338. The van der Waals surface area contributed by atoms with Crippen LogP contribution in [0, 0.1) is 0 Å². The summed E-state index contributed by atoms with van der Waals surface area (Å²) < 4.78 is 31.4. The van der Waals surface area contributed by atoms with Gasteiger partial charge in [-0.15, -0.1) is 12.4 Å². The third-order valence-corrected chi connectivity index (χ3v) is 5.90. The van der Waals surface area contributed by atoms with Crippen molar-refractivity contribution in [3.63, 3.8) is 0 Å². The minimum Gasteiger partial charge on any atom is -0.467 e. The van der Waals surface area contributed by atoms with Crippen LogP contribution in [0.25, 0.3) is 0 Å². The van der Waals surface area contributed by atoms with Gasteiger partial charge in [-0.1, -0.05) is 26.0 Å². The number of furan rings is 1. The maximum Gasteiger partial charge on any atom is 0.254 e. The van der Waals surface area contributed by atoms with Crippen LogP contribution in [0.1, 0.15) is 35.5 Å². The SMILES string of the molecule is CCN(CC)S(=O)(=O)c1ccc(CNC(=O)c2coc(CN)c2)cc1.Cl. The summed E-state index contributed by atoms with van der Waals surface area (Å²) in [5, 5.41) is 2.76. The summed E-state index contributed by atoms with van der Waals surface area (Å²) >= 11 is 0. The van der Waals surface area contributed by atoms with E-state index in [0.717, 1.165) is 5.56 Å². The molecule has 144 valence electrons. The van der Waals surface area contributed by atoms with Crippen molar-refractivity contribution in [2.24, 2.45) is 5.73 Å². The molecule has 0 saturated heterocycles. The van der Waals surface area contributed by atoms with Crippen molar-refractivity contribution in [3.8, 4) is 0 Å². The Labute approximate surface area is 160 Å². The van der Waals surface area contributed by atoms with Crippen molar-refractivity contribution in [3.05, 3.63) is 53.5 Å². The molecule has 9 heteroatoms. The number of hydrogen-bond acceptors (Lipinski definition) is 5. The van der Waals surface area contributed by atoms with Crippen molar-refractivity contribution >= 4 is 28.3 Å². The van der Waals surface area contributed by atoms with Gasteiger partial charge in [0.05, 0.1) is 17.0 Å². The van der Waals surface area contributed by atoms with Crippen LogP contribution in [-0.2, 0) is 23.1 Å². The first-order valence-corrected chi connectivity index (χ1v) is 9.51. The molecule has 0 unspecified atom stereocenters. The number of carbonyl (C=O) groups is 1. The van der Waals surface area contributed by atoms with E-state index in [0.29, 0.717) is 24.4 Å². The molecule has 1 aromatic heterocycles. The molecule has 0 aliphatic rings. The van der Waals surface area contributed by atoms with Crippen molar-refractivity contribution in [2.75, 3.05) is 13.1 Å². The first-order chi connectivity index (χ1) is 11.9. The van der Waals surface area contributed by atoms with E-state index >= 15 is 0 Å². The Morgan fingerprint density at radius 3 is 2.31 bits per heavy atom. The van der Waals surface area contributed by atoms with Gasteiger partial charge in [0.1, 0.15) is 12.0 Å². The Bertz CT molecular complexity index is 815. The maximum atomic E-state index is 12.4. The zero-order chi connectivity index (χ0) is 18.4. The lowest BCUT2D eigenvalue weighted by Gasteiger charge is -2.18. The summed E-state index contributed by atoms with van der Waals surface area (Å²) in [5.41, 5.74) is 6.65. The Morgan fingerprint density at radius 2 is 1.81 bits per heavy atom. The summed E-state index contributed by atoms with van der Waals surface area (Å²) in [7, 11) is -3.47. The number of amides is 1. The standard InChI is InChI=1S/C17H23N3O4S.ClH/c1-3-20(4-2)25(22,23)16-7-5-13(6-8-16)11-19-17(21)14-9-15(10-18)24-12-14;/h5-9,12H,3-4,10-11,18H2,1-2H3,(H,19,21);1H. The summed E-state index contributed by atoms with van der Waals surface area (Å²) in [5.74, 6) is 0.263. The van der Waals surface area contributed by atoms with E-state index in [2.05, 4.69) is 5.32 Å². The summed E-state index contributed by atoms with van der Waals surface area (Å²) in [4.78, 5) is 12.3. The summed E-state index contributed by atoms with van der Waals surface area (Å²) in [6.07, 6.45) is 1.36. The van der Waals surface area contributed by atoms with Gasteiger partial charge in [0.15, 0.2) is 0 Å². The van der Waals surface area contributed by atoms with E-state index in [9.17, 15) is 13.2 Å². The molecule has 0 saturated carbocycles. The van der Waals surface area contributed by atoms with Crippen LogP contribution in [-0.4, -0.2) is 31.7 Å². The Kier molecular flexibility index (Phi) is 8.29. The maximum absolute atomic E-state index is 12.4. The fourth-order valence-corrected chi connectivity index (χ4v) is 3.84. The van der Waals surface area contributed by atoms with Crippen molar-refractivity contribution in [2.45, 2.75) is 31.8 Å². The van der Waals surface area contributed by atoms with E-state index in [1.165, 1.54) is 10.6 Å². The Hall–Kier alpha value is -1.87. The second-order valence-electron chi connectivity index (χ2n) is 5.42. The van der Waals surface area contributed by atoms with Gasteiger partial charge in [-0.05, 0) is 23.8 Å². The number of carbonyl (C=O) groups excluding carboxylic acids is 1. The molecule has 1 amide bonds. The van der Waals surface area contributed by atoms with Gasteiger partial charge in [-0.3, -0.25) is 4.79 Å². The molecule has 0 bridgehead atoms. The van der Waals surface area contributed by atoms with Crippen molar-refractivity contribution < 1.29 is 17.6 Å². The van der Waals surface area contributed by atoms with E-state index in [4.69, 9.17) is 10.2 Å². The highest BCUT2D eigenvalue weighted by Gasteiger charge is 2.21. The van der Waals surface area contributed by atoms with E-state index in [1.54, 1.807) is 44.2 Å². The molecule has 2 aromatic rings. The predicted molar refractivity (Wildman–Crippen MR) is 102 cm³/mol. The predicted octanol–water partition coefficient (Wildman–Crippen LogP) is 2.12. The molecule has 0 aliphatic carbocycles. The summed E-state index contributed by atoms with van der Waals surface area (Å²) in [6.45, 7) is 4.97. The van der Waals surface area contributed by atoms with Crippen molar-refractivity contribution in [1.82, 2.24) is 9.62 Å². The number of hydrogen-bond donors (Lipinski definition) is 2. The minimum absolute atomic E-state index is 0. The number of nitrogens with zero attached hydrogens (tertiary/aromatic N) is 1. The molecular weight excluding hydrogens is 378 g/mol. The van der Waals surface area contributed by atoms with Crippen LogP contribution in [0.3, 0.4) is 0 Å². The molecule has 3 N–H and O–H groups in total. The molecule has 0 atom stereocenters. The highest BCUT2D eigenvalue weighted by molar-refractivity contribution is 7.89. The average Bonchev–Trinajstić information content (AvgIpc) is 3.10. The Morgan fingerprint density at radius 1 is 1.19 bits per heavy atom. The average molecular weight is 402 g/mol. The third kappa shape index (κ3) is 5.07. The molecule has 26 heavy (non-hydrogen) atoms. The minimum atomic E-state index is -3.47. The van der Waals surface area contributed by atoms with Crippen molar-refractivity contribution in [1.29, 1.82) is 0 Å². The largest absolute Gasteiger partial charge is 0.467 e. The van der Waals surface area contributed by atoms with Gasteiger partial charge in [-0.25, -0.2) is 8.42 Å². The highest BCUT2D eigenvalue weighted by atomic mass is 35.5. The van der Waals surface area contributed by atoms with Crippen LogP contribution >= 0.6 is 12.4 Å². The fraction of sp³-hybridized carbons (Fsp3) is 0.353. The molecule has 0 fully saturated rings. The molecule has 0 radical (unpaired) electrons. The molecule has 7 nitrogen and oxygen atoms in total. The van der Waals surface area contributed by atoms with Crippen LogP contribution in [0.15, 0.2) is 45.9 Å². The number of sulfonamides is 1. The molecule has 0 aliphatic heterocycles. The second-order valence-corrected chi connectivity index (χ2v) is 7.36. The number of rotatable bonds is 8. The first kappa shape index (κ1) is 22.2. The van der Waals surface area contributed by atoms with E-state index < -0.39 is 10.0 Å². The molecule has 0 spiro atoms. The second kappa shape index (κ2) is 9.72. The number of halogens is 1. The van der Waals surface area contributed by atoms with Gasteiger partial charge in [0.25, 0.3) is 5.91 Å². The first-order valence-electron chi connectivity index (χ1n) is 8.07. The lowest BCUT2D eigenvalue weighted by Crippen LogP contribution is -2.30. The summed E-state index contributed by atoms with van der Waals surface area (Å²) in [6, 6.07) is 8.09. The number of nitrogens with two attached hydrogens (primary N) is 1. The fourth-order valence-electron chi connectivity index (χ4n) is 2.38. The van der Waals surface area contributed by atoms with E-state index in [1.807, 2.05) is 0 Å². The molecule has 1 heterocycles. The lowest BCUT2D eigenvalue weighted by atomic mass is 10.2. The smallest absolute Gasteiger partial charge is 0.254 e. The molecule has 1 aromatic carbocycles. The zero-order valence-corrected chi connectivity index (χ0v) is 16.4. The van der Waals surface area contributed by atoms with E-state index in [-0.39, 0.29) is 36.3 Å². The number of nitrogens with one attached hydrogen (secondary N) is 1. The van der Waals surface area contributed by atoms with Crippen LogP contribution in [0.2, 0.25) is 0 Å². The normalized spacial score (nSPS) is 11.2.